The molecule has 0 aromatic carbocycles. The Hall–Kier alpha value is -1.10. The maximum absolute atomic E-state index is 12.7. The van der Waals surface area contributed by atoms with Crippen molar-refractivity contribution in [3.05, 3.63) is 0 Å². The number of hydrogen-bond donors (Lipinski definition) is 1. The molecule has 0 aromatic rings. The normalized spacial score (nSPS) is 16.8. The summed E-state index contributed by atoms with van der Waals surface area (Å²) >= 11 is 0. The lowest BCUT2D eigenvalue weighted by Gasteiger charge is -2.35. The van der Waals surface area contributed by atoms with Gasteiger partial charge in [0.25, 0.3) is 0 Å². The van der Waals surface area contributed by atoms with E-state index >= 15 is 0 Å². The number of carbonyl (C=O) groups excluding carboxylic acids is 2. The molecule has 0 spiro atoms. The summed E-state index contributed by atoms with van der Waals surface area (Å²) in [7, 11) is 0. The molecule has 5 heteroatoms. The number of carbonyl (C=O) groups is 2. The summed E-state index contributed by atoms with van der Waals surface area (Å²) in [5.74, 6) is 0.240. The second-order valence-electron chi connectivity index (χ2n) is 8.85. The molecule has 1 fully saturated rings. The first-order valence-corrected chi connectivity index (χ1v) is 12.9. The van der Waals surface area contributed by atoms with Crippen molar-refractivity contribution in [2.24, 2.45) is 0 Å². The van der Waals surface area contributed by atoms with Crippen LogP contribution in [0.15, 0.2) is 0 Å². The number of nitrogens with one attached hydrogen (secondary N) is 1. The maximum atomic E-state index is 12.7. The van der Waals surface area contributed by atoms with Crippen LogP contribution in [0.1, 0.15) is 111 Å². The van der Waals surface area contributed by atoms with Gasteiger partial charge in [-0.2, -0.15) is 0 Å². The number of likely N-dealkylation sites (tertiary alicyclic amines) is 1. The van der Waals surface area contributed by atoms with Crippen LogP contribution in [-0.4, -0.2) is 60.4 Å². The van der Waals surface area contributed by atoms with Crippen LogP contribution in [0.25, 0.3) is 0 Å². The van der Waals surface area contributed by atoms with Crippen LogP contribution in [0.4, 0.5) is 0 Å². The quantitative estimate of drug-likeness (QED) is 0.330. The standard InChI is InChI=1S/C25H49N3O2/c1-4-7-8-9-10-11-12-13-19-24(29)28-22-16-14-18-23(28)25(30)26-20-15-17-21-27(5-2)6-3/h23H,4-22H2,1-3H3,(H,26,30). The maximum Gasteiger partial charge on any atom is 0.242 e. The van der Waals surface area contributed by atoms with Crippen LogP contribution >= 0.6 is 0 Å². The Labute approximate surface area is 186 Å². The summed E-state index contributed by atoms with van der Waals surface area (Å²) in [5, 5.41) is 3.10. The van der Waals surface area contributed by atoms with E-state index in [1.54, 1.807) is 0 Å². The third kappa shape index (κ3) is 11.3. The first-order valence-electron chi connectivity index (χ1n) is 12.9. The highest BCUT2D eigenvalue weighted by Gasteiger charge is 2.31. The fourth-order valence-electron chi connectivity index (χ4n) is 4.39. The van der Waals surface area contributed by atoms with Crippen molar-refractivity contribution in [1.82, 2.24) is 15.1 Å². The molecule has 1 unspecified atom stereocenters. The third-order valence-electron chi connectivity index (χ3n) is 6.46. The lowest BCUT2D eigenvalue weighted by Crippen LogP contribution is -2.52. The van der Waals surface area contributed by atoms with Gasteiger partial charge in [-0.05, 0) is 58.2 Å². The Bertz CT molecular complexity index is 452. The third-order valence-corrected chi connectivity index (χ3v) is 6.46. The van der Waals surface area contributed by atoms with Crippen molar-refractivity contribution in [3.8, 4) is 0 Å². The van der Waals surface area contributed by atoms with Crippen LogP contribution in [0.2, 0.25) is 0 Å². The summed E-state index contributed by atoms with van der Waals surface area (Å²) in [6.45, 7) is 11.3. The van der Waals surface area contributed by atoms with Crippen molar-refractivity contribution in [2.45, 2.75) is 117 Å². The van der Waals surface area contributed by atoms with Crippen molar-refractivity contribution >= 4 is 11.8 Å². The lowest BCUT2D eigenvalue weighted by atomic mass is 10.00. The molecule has 1 N–H and O–H groups in total. The molecule has 1 saturated heterocycles. The van der Waals surface area contributed by atoms with Gasteiger partial charge in [0.05, 0.1) is 0 Å². The van der Waals surface area contributed by atoms with Gasteiger partial charge in [0, 0.05) is 19.5 Å². The van der Waals surface area contributed by atoms with E-state index in [1.165, 1.54) is 38.5 Å². The summed E-state index contributed by atoms with van der Waals surface area (Å²) < 4.78 is 0. The highest BCUT2D eigenvalue weighted by Crippen LogP contribution is 2.19. The van der Waals surface area contributed by atoms with Crippen molar-refractivity contribution in [2.75, 3.05) is 32.7 Å². The monoisotopic (exact) mass is 423 g/mol. The van der Waals surface area contributed by atoms with Crippen LogP contribution in [0, 0.1) is 0 Å². The zero-order valence-electron chi connectivity index (χ0n) is 20.2. The van der Waals surface area contributed by atoms with Crippen molar-refractivity contribution in [1.29, 1.82) is 0 Å². The molecule has 30 heavy (non-hydrogen) atoms. The Morgan fingerprint density at radius 2 is 1.53 bits per heavy atom. The molecule has 1 aliphatic heterocycles. The number of nitrogens with zero attached hydrogens (tertiary/aromatic N) is 2. The fraction of sp³-hybridized carbons (Fsp3) is 0.920. The van der Waals surface area contributed by atoms with E-state index in [0.717, 1.165) is 77.7 Å². The zero-order valence-corrected chi connectivity index (χ0v) is 20.2. The van der Waals surface area contributed by atoms with Crippen LogP contribution < -0.4 is 5.32 Å². The second-order valence-corrected chi connectivity index (χ2v) is 8.85. The van der Waals surface area contributed by atoms with Gasteiger partial charge in [-0.15, -0.1) is 0 Å². The Balaban J connectivity index is 2.25. The molecule has 0 aromatic heterocycles. The second kappa shape index (κ2) is 17.6. The van der Waals surface area contributed by atoms with Gasteiger partial charge in [-0.3, -0.25) is 9.59 Å². The predicted molar refractivity (Wildman–Crippen MR) is 127 cm³/mol. The Morgan fingerprint density at radius 1 is 0.867 bits per heavy atom. The molecule has 176 valence electrons. The Morgan fingerprint density at radius 3 is 2.20 bits per heavy atom. The molecular weight excluding hydrogens is 374 g/mol. The van der Waals surface area contributed by atoms with Gasteiger partial charge >= 0.3 is 0 Å². The largest absolute Gasteiger partial charge is 0.354 e. The minimum absolute atomic E-state index is 0.0572. The van der Waals surface area contributed by atoms with Crippen LogP contribution in [0.3, 0.4) is 0 Å². The van der Waals surface area contributed by atoms with Gasteiger partial charge < -0.3 is 15.1 Å². The molecule has 1 atom stereocenters. The minimum atomic E-state index is -0.247. The summed E-state index contributed by atoms with van der Waals surface area (Å²) in [5.41, 5.74) is 0. The molecular formula is C25H49N3O2. The summed E-state index contributed by atoms with van der Waals surface area (Å²) in [6, 6.07) is -0.247. The molecule has 5 nitrogen and oxygen atoms in total. The molecule has 1 heterocycles. The average molecular weight is 424 g/mol. The zero-order chi connectivity index (χ0) is 22.0. The van der Waals surface area contributed by atoms with Crippen LogP contribution in [0.5, 0.6) is 0 Å². The molecule has 1 rings (SSSR count). The smallest absolute Gasteiger partial charge is 0.242 e. The number of amides is 2. The minimum Gasteiger partial charge on any atom is -0.354 e. The van der Waals surface area contributed by atoms with E-state index in [1.807, 2.05) is 4.90 Å². The molecule has 0 bridgehead atoms. The van der Waals surface area contributed by atoms with E-state index in [2.05, 4.69) is 31.0 Å². The van der Waals surface area contributed by atoms with Crippen molar-refractivity contribution < 1.29 is 9.59 Å². The lowest BCUT2D eigenvalue weighted by molar-refractivity contribution is -0.142. The van der Waals surface area contributed by atoms with Crippen molar-refractivity contribution in [3.63, 3.8) is 0 Å². The average Bonchev–Trinajstić information content (AvgIpc) is 2.77. The summed E-state index contributed by atoms with van der Waals surface area (Å²) in [6.07, 6.45) is 15.5. The van der Waals surface area contributed by atoms with E-state index in [-0.39, 0.29) is 17.9 Å². The number of unbranched alkanes of at least 4 members (excludes halogenated alkanes) is 8. The molecule has 0 aliphatic carbocycles. The number of piperidine rings is 1. The molecule has 0 radical (unpaired) electrons. The van der Waals surface area contributed by atoms with Gasteiger partial charge in [0.1, 0.15) is 6.04 Å². The van der Waals surface area contributed by atoms with Crippen LogP contribution in [-0.2, 0) is 9.59 Å². The molecule has 2 amide bonds. The Kier molecular flexibility index (Phi) is 15.8. The first-order chi connectivity index (χ1) is 14.6. The molecule has 0 saturated carbocycles. The van der Waals surface area contributed by atoms with E-state index in [4.69, 9.17) is 0 Å². The van der Waals surface area contributed by atoms with E-state index < -0.39 is 0 Å². The fourth-order valence-corrected chi connectivity index (χ4v) is 4.39. The number of rotatable bonds is 17. The number of hydrogen-bond acceptors (Lipinski definition) is 3. The summed E-state index contributed by atoms with van der Waals surface area (Å²) in [4.78, 5) is 29.7. The highest BCUT2D eigenvalue weighted by molar-refractivity contribution is 5.87. The first kappa shape index (κ1) is 26.9. The van der Waals surface area contributed by atoms with Gasteiger partial charge in [-0.1, -0.05) is 65.7 Å². The topological polar surface area (TPSA) is 52.7 Å². The van der Waals surface area contributed by atoms with E-state index in [9.17, 15) is 9.59 Å². The van der Waals surface area contributed by atoms with Gasteiger partial charge in [0.15, 0.2) is 0 Å². The van der Waals surface area contributed by atoms with E-state index in [0.29, 0.717) is 6.42 Å². The SMILES string of the molecule is CCCCCCCCCCC(=O)N1CCCCC1C(=O)NCCCCN(CC)CC. The highest BCUT2D eigenvalue weighted by atomic mass is 16.2. The molecule has 1 aliphatic rings. The van der Waals surface area contributed by atoms with Gasteiger partial charge in [0.2, 0.25) is 11.8 Å². The van der Waals surface area contributed by atoms with Gasteiger partial charge in [-0.25, -0.2) is 0 Å². The predicted octanol–water partition coefficient (Wildman–Crippen LogP) is 5.14.